The first kappa shape index (κ1) is 20.2. The molecule has 0 bridgehead atoms. The lowest BCUT2D eigenvalue weighted by atomic mass is 10.1. The quantitative estimate of drug-likeness (QED) is 0.313. The maximum absolute atomic E-state index is 11.9. The van der Waals surface area contributed by atoms with Gasteiger partial charge in [0.15, 0.2) is 0 Å². The van der Waals surface area contributed by atoms with Crippen LogP contribution >= 0.6 is 0 Å². The van der Waals surface area contributed by atoms with Crippen molar-refractivity contribution in [1.82, 2.24) is 5.43 Å². The molecule has 0 aliphatic rings. The van der Waals surface area contributed by atoms with Gasteiger partial charge in [-0.3, -0.25) is 24.5 Å². The van der Waals surface area contributed by atoms with Crippen LogP contribution in [0.1, 0.15) is 19.4 Å². The number of hydrogen-bond donors (Lipinski definition) is 3. The molecule has 0 saturated heterocycles. The van der Waals surface area contributed by atoms with Gasteiger partial charge < -0.3 is 10.6 Å². The molecule has 0 saturated carbocycles. The highest BCUT2D eigenvalue weighted by molar-refractivity contribution is 6.39. The van der Waals surface area contributed by atoms with Gasteiger partial charge in [0, 0.05) is 36.0 Å². The van der Waals surface area contributed by atoms with Gasteiger partial charge >= 0.3 is 11.8 Å². The summed E-state index contributed by atoms with van der Waals surface area (Å²) in [7, 11) is 0. The highest BCUT2D eigenvalue weighted by Crippen LogP contribution is 2.14. The van der Waals surface area contributed by atoms with E-state index in [1.165, 1.54) is 44.2 Å². The van der Waals surface area contributed by atoms with E-state index >= 15 is 0 Å². The predicted octanol–water partition coefficient (Wildman–Crippen LogP) is 2.03. The maximum Gasteiger partial charge on any atom is 0.329 e. The minimum absolute atomic E-state index is 0.112. The topological polar surface area (TPSA) is 143 Å². The summed E-state index contributed by atoms with van der Waals surface area (Å²) in [5.74, 6) is -2.17. The third-order valence-corrected chi connectivity index (χ3v) is 3.47. The molecule has 0 aliphatic heterocycles. The third-order valence-electron chi connectivity index (χ3n) is 3.47. The Morgan fingerprint density at radius 1 is 0.929 bits per heavy atom. The number of nitro groups is 1. The lowest BCUT2D eigenvalue weighted by Crippen LogP contribution is -2.32. The molecule has 3 N–H and O–H groups in total. The maximum atomic E-state index is 11.9. The number of non-ortho nitro benzene ring substituents is 1. The van der Waals surface area contributed by atoms with E-state index in [0.717, 1.165) is 0 Å². The minimum atomic E-state index is -1.00. The molecule has 2 aromatic rings. The molecule has 10 nitrogen and oxygen atoms in total. The summed E-state index contributed by atoms with van der Waals surface area (Å²) in [5.41, 5.74) is 3.62. The SMILES string of the molecule is CC(=O)Nc1ccc(NC(=O)C(=O)NN=C(C)c2cccc([N+](=O)[O-])c2)cc1. The van der Waals surface area contributed by atoms with Crippen molar-refractivity contribution in [3.63, 3.8) is 0 Å². The van der Waals surface area contributed by atoms with E-state index in [1.807, 2.05) is 0 Å². The van der Waals surface area contributed by atoms with E-state index in [1.54, 1.807) is 18.2 Å². The first-order chi connectivity index (χ1) is 13.3. The Balaban J connectivity index is 1.97. The van der Waals surface area contributed by atoms with Crippen LogP contribution in [0.15, 0.2) is 53.6 Å². The Labute approximate surface area is 159 Å². The second-order valence-electron chi connectivity index (χ2n) is 5.66. The fourth-order valence-electron chi connectivity index (χ4n) is 2.12. The molecule has 0 atom stereocenters. The molecular formula is C18H17N5O5. The number of hydrogen-bond acceptors (Lipinski definition) is 6. The number of carbonyl (C=O) groups excluding carboxylic acids is 3. The molecule has 0 spiro atoms. The lowest BCUT2D eigenvalue weighted by molar-refractivity contribution is -0.384. The third kappa shape index (κ3) is 5.73. The van der Waals surface area contributed by atoms with Gasteiger partial charge in [0.05, 0.1) is 10.6 Å². The van der Waals surface area contributed by atoms with Crippen molar-refractivity contribution in [2.24, 2.45) is 5.10 Å². The van der Waals surface area contributed by atoms with Crippen LogP contribution < -0.4 is 16.1 Å². The van der Waals surface area contributed by atoms with E-state index in [9.17, 15) is 24.5 Å². The molecule has 0 radical (unpaired) electrons. The number of carbonyl (C=O) groups is 3. The Hall–Kier alpha value is -4.08. The Morgan fingerprint density at radius 2 is 1.54 bits per heavy atom. The number of hydrazone groups is 1. The molecule has 0 heterocycles. The molecule has 2 rings (SSSR count). The van der Waals surface area contributed by atoms with Crippen LogP contribution in [0.3, 0.4) is 0 Å². The van der Waals surface area contributed by atoms with Crippen LogP contribution in [0.5, 0.6) is 0 Å². The van der Waals surface area contributed by atoms with Gasteiger partial charge in [-0.1, -0.05) is 12.1 Å². The molecule has 3 amide bonds. The average molecular weight is 383 g/mol. The molecule has 0 fully saturated rings. The van der Waals surface area contributed by atoms with Gasteiger partial charge in [-0.25, -0.2) is 5.43 Å². The molecule has 0 aromatic heterocycles. The van der Waals surface area contributed by atoms with Crippen LogP contribution in [0, 0.1) is 10.1 Å². The van der Waals surface area contributed by atoms with Gasteiger partial charge in [0.25, 0.3) is 5.69 Å². The predicted molar refractivity (Wildman–Crippen MR) is 103 cm³/mol. The fraction of sp³-hybridized carbons (Fsp3) is 0.111. The Bertz CT molecular complexity index is 953. The number of amides is 3. The zero-order chi connectivity index (χ0) is 20.7. The summed E-state index contributed by atoms with van der Waals surface area (Å²) in [6, 6.07) is 11.9. The van der Waals surface area contributed by atoms with Gasteiger partial charge in [-0.05, 0) is 31.2 Å². The number of anilines is 2. The fourth-order valence-corrected chi connectivity index (χ4v) is 2.12. The number of benzene rings is 2. The summed E-state index contributed by atoms with van der Waals surface area (Å²) in [5, 5.41) is 19.6. The molecule has 0 unspecified atom stereocenters. The number of nitrogens with zero attached hydrogens (tertiary/aromatic N) is 2. The Morgan fingerprint density at radius 3 is 2.11 bits per heavy atom. The largest absolute Gasteiger partial charge is 0.329 e. The van der Waals surface area contributed by atoms with Crippen molar-refractivity contribution in [3.05, 3.63) is 64.2 Å². The van der Waals surface area contributed by atoms with Crippen LogP contribution in [-0.2, 0) is 14.4 Å². The summed E-state index contributed by atoms with van der Waals surface area (Å²) in [6.45, 7) is 2.91. The van der Waals surface area contributed by atoms with Crippen molar-refractivity contribution in [1.29, 1.82) is 0 Å². The van der Waals surface area contributed by atoms with Gasteiger partial charge in [-0.15, -0.1) is 0 Å². The molecule has 28 heavy (non-hydrogen) atoms. The van der Waals surface area contributed by atoms with Crippen molar-refractivity contribution >= 4 is 40.5 Å². The van der Waals surface area contributed by atoms with Crippen molar-refractivity contribution in [3.8, 4) is 0 Å². The second kappa shape index (κ2) is 9.03. The summed E-state index contributed by atoms with van der Waals surface area (Å²) in [6.07, 6.45) is 0. The molecule has 0 aliphatic carbocycles. The van der Waals surface area contributed by atoms with Gasteiger partial charge in [0.2, 0.25) is 5.91 Å². The molecule has 144 valence electrons. The van der Waals surface area contributed by atoms with Gasteiger partial charge in [0.1, 0.15) is 0 Å². The summed E-state index contributed by atoms with van der Waals surface area (Å²) >= 11 is 0. The van der Waals surface area contributed by atoms with E-state index in [4.69, 9.17) is 0 Å². The van der Waals surface area contributed by atoms with E-state index in [2.05, 4.69) is 21.2 Å². The van der Waals surface area contributed by atoms with Crippen LogP contribution in [0.2, 0.25) is 0 Å². The normalized spacial score (nSPS) is 10.7. The van der Waals surface area contributed by atoms with E-state index in [0.29, 0.717) is 22.6 Å². The smallest absolute Gasteiger partial charge is 0.326 e. The highest BCUT2D eigenvalue weighted by Gasteiger charge is 2.14. The lowest BCUT2D eigenvalue weighted by Gasteiger charge is -2.06. The second-order valence-corrected chi connectivity index (χ2v) is 5.66. The van der Waals surface area contributed by atoms with Crippen LogP contribution in [-0.4, -0.2) is 28.4 Å². The zero-order valence-corrected chi connectivity index (χ0v) is 15.1. The first-order valence-electron chi connectivity index (χ1n) is 8.04. The molecule has 10 heteroatoms. The van der Waals surface area contributed by atoms with Crippen molar-refractivity contribution in [2.45, 2.75) is 13.8 Å². The summed E-state index contributed by atoms with van der Waals surface area (Å²) in [4.78, 5) is 45.0. The number of nitro benzene ring substituents is 1. The van der Waals surface area contributed by atoms with Crippen LogP contribution in [0.4, 0.5) is 17.1 Å². The Kier molecular flexibility index (Phi) is 6.53. The molecule has 2 aromatic carbocycles. The summed E-state index contributed by atoms with van der Waals surface area (Å²) < 4.78 is 0. The molecular weight excluding hydrogens is 366 g/mol. The monoisotopic (exact) mass is 383 g/mol. The van der Waals surface area contributed by atoms with Crippen LogP contribution in [0.25, 0.3) is 0 Å². The highest BCUT2D eigenvalue weighted by atomic mass is 16.6. The standard InChI is InChI=1S/C18H17N5O5/c1-11(13-4-3-5-16(10-13)23(27)28)21-22-18(26)17(25)20-15-8-6-14(7-9-15)19-12(2)24/h3-10H,1-2H3,(H,19,24)(H,20,25)(H,22,26). The first-order valence-corrected chi connectivity index (χ1v) is 8.04. The van der Waals surface area contributed by atoms with E-state index in [-0.39, 0.29) is 11.6 Å². The minimum Gasteiger partial charge on any atom is -0.326 e. The van der Waals surface area contributed by atoms with E-state index < -0.39 is 16.7 Å². The van der Waals surface area contributed by atoms with Gasteiger partial charge in [-0.2, -0.15) is 5.10 Å². The van der Waals surface area contributed by atoms with Crippen molar-refractivity contribution < 1.29 is 19.3 Å². The number of nitrogens with one attached hydrogen (secondary N) is 3. The zero-order valence-electron chi connectivity index (χ0n) is 15.1. The number of rotatable bonds is 5. The average Bonchev–Trinajstić information content (AvgIpc) is 2.66. The van der Waals surface area contributed by atoms with Crippen molar-refractivity contribution in [2.75, 3.05) is 10.6 Å².